The fraction of sp³-hybridized carbons (Fsp3) is 0.848. The molecule has 0 aromatic heterocycles. The van der Waals surface area contributed by atoms with E-state index in [0.29, 0.717) is 55.9 Å². The van der Waals surface area contributed by atoms with Crippen LogP contribution in [0.4, 0.5) is 17.6 Å². The first kappa shape index (κ1) is 47.2. The molecule has 1 heterocycles. The van der Waals surface area contributed by atoms with E-state index in [2.05, 4.69) is 58.7 Å². The quantitative estimate of drug-likeness (QED) is 0.207. The SMILES string of the molecule is C=CC.CC.CC1(C)C(C2=CCC(C(=O)O)CC2)=CCC2(C)C1CCC1(C)C2CCC2C3CCCC3(NC(CN3CCS(=O)CC3)C(F)(F)F)CC[C@]21C.CF. The monoisotopic (exact) mass is 813 g/mol. The Labute approximate surface area is 339 Å². The maximum atomic E-state index is 14.7. The Hall–Kier alpha value is -1.52. The molecular weight excluding hydrogens is 737 g/mol. The van der Waals surface area contributed by atoms with Crippen LogP contribution in [0.15, 0.2) is 36.0 Å². The normalized spacial score (nSPS) is 39.7. The molecule has 9 unspecified atom stereocenters. The number of alkyl halides is 4. The molecule has 10 heteroatoms. The summed E-state index contributed by atoms with van der Waals surface area (Å²) < 4.78 is 65.6. The Balaban J connectivity index is 0.000000936. The van der Waals surface area contributed by atoms with Crippen molar-refractivity contribution in [2.75, 3.05) is 38.3 Å². The highest BCUT2D eigenvalue weighted by Crippen LogP contribution is 2.76. The van der Waals surface area contributed by atoms with Crippen LogP contribution in [0.25, 0.3) is 0 Å². The number of nitrogens with zero attached hydrogens (tertiary/aromatic N) is 1. The molecule has 6 aliphatic carbocycles. The first-order chi connectivity index (χ1) is 26.4. The Kier molecular flexibility index (Phi) is 15.5. The van der Waals surface area contributed by atoms with E-state index in [0.717, 1.165) is 64.2 Å². The summed E-state index contributed by atoms with van der Waals surface area (Å²) in [4.78, 5) is 13.5. The summed E-state index contributed by atoms with van der Waals surface area (Å²) in [5.41, 5.74) is 2.79. The first-order valence-corrected chi connectivity index (χ1v) is 23.3. The summed E-state index contributed by atoms with van der Waals surface area (Å²) >= 11 is 0. The van der Waals surface area contributed by atoms with Gasteiger partial charge in [0, 0.05) is 47.5 Å². The highest BCUT2D eigenvalue weighted by molar-refractivity contribution is 7.85. The molecule has 0 bridgehead atoms. The average molecular weight is 813 g/mol. The van der Waals surface area contributed by atoms with E-state index in [1.165, 1.54) is 24.0 Å². The minimum Gasteiger partial charge on any atom is -0.481 e. The number of hydrogen-bond donors (Lipinski definition) is 2. The van der Waals surface area contributed by atoms with Gasteiger partial charge < -0.3 is 5.11 Å². The topological polar surface area (TPSA) is 69.6 Å². The molecule has 1 saturated heterocycles. The van der Waals surface area contributed by atoms with Crippen molar-refractivity contribution >= 4 is 16.8 Å². The maximum Gasteiger partial charge on any atom is 0.405 e. The Morgan fingerprint density at radius 3 is 2.16 bits per heavy atom. The second-order valence-electron chi connectivity index (χ2n) is 19.2. The van der Waals surface area contributed by atoms with Crippen molar-refractivity contribution in [1.29, 1.82) is 0 Å². The van der Waals surface area contributed by atoms with Gasteiger partial charge in [0.15, 0.2) is 0 Å². The standard InChI is InChI=1S/C40H61F3N2O3S.C3H6.C2H6.CH3F/c1-35(2)28(26-8-10-27(11-9-26)34(46)47)14-17-36(3)31(35)15-18-38(5)32(36)13-12-29-30-7-6-16-39(30,20-19-37(29,38)4)44-33(40(41,42)43)25-45-21-23-49(48)24-22-45;1-3-2;2*1-2/h8,14,27,29-33,44H,6-7,9-13,15-25H2,1-5H3,(H,46,47);3H,1H2,2H3;1-2H3;1H3/t27?,29?,30?,31?,32?,33?,36?,37-,38?,39?;;;/m1.../s1. The highest BCUT2D eigenvalue weighted by Gasteiger charge is 2.70. The van der Waals surface area contributed by atoms with Gasteiger partial charge >= 0.3 is 12.1 Å². The number of aliphatic carboxylic acids is 1. The molecule has 5 nitrogen and oxygen atoms in total. The van der Waals surface area contributed by atoms with E-state index in [4.69, 9.17) is 0 Å². The fourth-order valence-electron chi connectivity index (χ4n) is 14.0. The Bertz CT molecular complexity index is 1450. The zero-order chi connectivity index (χ0) is 41.9. The maximum absolute atomic E-state index is 14.7. The van der Waals surface area contributed by atoms with Gasteiger partial charge in [0.2, 0.25) is 0 Å². The van der Waals surface area contributed by atoms with Crippen LogP contribution in [-0.4, -0.2) is 76.3 Å². The zero-order valence-electron chi connectivity index (χ0n) is 36.3. The van der Waals surface area contributed by atoms with Gasteiger partial charge in [0.25, 0.3) is 0 Å². The number of fused-ring (bicyclic) bond motifs is 7. The van der Waals surface area contributed by atoms with Gasteiger partial charge in [-0.25, -0.2) is 0 Å². The molecule has 2 N–H and O–H groups in total. The van der Waals surface area contributed by atoms with Crippen molar-refractivity contribution in [3.8, 4) is 0 Å². The van der Waals surface area contributed by atoms with E-state index in [1.54, 1.807) is 6.08 Å². The van der Waals surface area contributed by atoms with E-state index in [9.17, 15) is 31.7 Å². The largest absolute Gasteiger partial charge is 0.481 e. The van der Waals surface area contributed by atoms with Crippen LogP contribution in [0.2, 0.25) is 0 Å². The average Bonchev–Trinajstić information content (AvgIpc) is 3.58. The number of nitrogens with one attached hydrogen (secondary N) is 1. The lowest BCUT2D eigenvalue weighted by Gasteiger charge is -2.72. The van der Waals surface area contributed by atoms with Crippen molar-refractivity contribution < 1.29 is 31.7 Å². The van der Waals surface area contributed by atoms with Gasteiger partial charge in [-0.2, -0.15) is 13.2 Å². The number of rotatable bonds is 6. The smallest absolute Gasteiger partial charge is 0.405 e. The second-order valence-corrected chi connectivity index (χ2v) is 20.9. The second kappa shape index (κ2) is 18.4. The summed E-state index contributed by atoms with van der Waals surface area (Å²) in [5, 5.41) is 12.9. The van der Waals surface area contributed by atoms with Crippen LogP contribution in [-0.2, 0) is 15.6 Å². The lowest BCUT2D eigenvalue weighted by atomic mass is 9.33. The lowest BCUT2D eigenvalue weighted by molar-refractivity contribution is -0.223. The van der Waals surface area contributed by atoms with Crippen molar-refractivity contribution in [1.82, 2.24) is 10.2 Å². The fourth-order valence-corrected chi connectivity index (χ4v) is 15.1. The molecule has 0 aromatic rings. The van der Waals surface area contributed by atoms with E-state index in [-0.39, 0.29) is 40.0 Å². The molecule has 7 aliphatic rings. The lowest BCUT2D eigenvalue weighted by Crippen LogP contribution is -2.69. The van der Waals surface area contributed by atoms with Crippen molar-refractivity contribution in [3.05, 3.63) is 36.0 Å². The van der Waals surface area contributed by atoms with Gasteiger partial charge in [-0.1, -0.05) is 73.1 Å². The van der Waals surface area contributed by atoms with Crippen molar-refractivity contribution in [2.45, 2.75) is 157 Å². The van der Waals surface area contributed by atoms with Crippen LogP contribution in [0.5, 0.6) is 0 Å². The van der Waals surface area contributed by atoms with Crippen LogP contribution in [0.3, 0.4) is 0 Å². The Morgan fingerprint density at radius 1 is 0.946 bits per heavy atom. The van der Waals surface area contributed by atoms with E-state index < -0.39 is 34.5 Å². The van der Waals surface area contributed by atoms with Crippen molar-refractivity contribution in [2.24, 2.45) is 51.2 Å². The summed E-state index contributed by atoms with van der Waals surface area (Å²) in [5.74, 6) is 1.82. The molecule has 56 heavy (non-hydrogen) atoms. The molecule has 1 aliphatic heterocycles. The molecule has 4 saturated carbocycles. The summed E-state index contributed by atoms with van der Waals surface area (Å²) in [6.07, 6.45) is 14.7. The summed E-state index contributed by atoms with van der Waals surface area (Å²) in [6.45, 7) is 22.8. The number of carbonyl (C=O) groups is 1. The molecule has 10 atom stereocenters. The predicted octanol–water partition coefficient (Wildman–Crippen LogP) is 11.3. The first-order valence-electron chi connectivity index (χ1n) is 21.9. The third-order valence-electron chi connectivity index (χ3n) is 16.6. The van der Waals surface area contributed by atoms with Crippen LogP contribution in [0, 0.1) is 51.2 Å². The third-order valence-corrected chi connectivity index (χ3v) is 17.9. The molecule has 0 radical (unpaired) electrons. The number of hydrogen-bond acceptors (Lipinski definition) is 4. The summed E-state index contributed by atoms with van der Waals surface area (Å²) in [6, 6.07) is -1.55. The summed E-state index contributed by atoms with van der Waals surface area (Å²) in [7, 11) is -0.409. The van der Waals surface area contributed by atoms with Crippen LogP contribution >= 0.6 is 0 Å². The van der Waals surface area contributed by atoms with Crippen LogP contribution in [0.1, 0.15) is 139 Å². The van der Waals surface area contributed by atoms with Crippen LogP contribution < -0.4 is 5.32 Å². The molecule has 0 amide bonds. The number of carboxylic acids is 1. The van der Waals surface area contributed by atoms with Gasteiger partial charge in [-0.05, 0) is 140 Å². The number of carboxylic acid groups (broad SMARTS) is 1. The third kappa shape index (κ3) is 8.56. The molecule has 322 valence electrons. The minimum absolute atomic E-state index is 0.0150. The van der Waals surface area contributed by atoms with Gasteiger partial charge in [-0.3, -0.25) is 23.6 Å². The number of allylic oxidation sites excluding steroid dienone is 5. The van der Waals surface area contributed by atoms with E-state index in [1.807, 2.05) is 25.7 Å². The van der Waals surface area contributed by atoms with Gasteiger partial charge in [0.1, 0.15) is 6.04 Å². The molecule has 7 rings (SSSR count). The molecule has 5 fully saturated rings. The molecular formula is C46H76F4N2O3S. The van der Waals surface area contributed by atoms with Gasteiger partial charge in [-0.15, -0.1) is 6.58 Å². The minimum atomic E-state index is -4.32. The molecule has 0 aromatic carbocycles. The van der Waals surface area contributed by atoms with Crippen molar-refractivity contribution in [3.63, 3.8) is 0 Å². The van der Waals surface area contributed by atoms with E-state index >= 15 is 0 Å². The zero-order valence-corrected chi connectivity index (χ0v) is 37.1. The number of halogens is 4. The predicted molar refractivity (Wildman–Crippen MR) is 224 cm³/mol. The highest BCUT2D eigenvalue weighted by atomic mass is 32.2. The Morgan fingerprint density at radius 2 is 1.59 bits per heavy atom. The molecule has 0 spiro atoms. The van der Waals surface area contributed by atoms with Gasteiger partial charge in [0.05, 0.1) is 13.1 Å².